The summed E-state index contributed by atoms with van der Waals surface area (Å²) in [5.41, 5.74) is 2.34. The van der Waals surface area contributed by atoms with Crippen LogP contribution in [0.25, 0.3) is 11.0 Å². The van der Waals surface area contributed by atoms with Crippen LogP contribution in [-0.2, 0) is 4.79 Å². The zero-order valence-corrected chi connectivity index (χ0v) is 13.3. The second-order valence-electron chi connectivity index (χ2n) is 6.00. The molecule has 0 aliphatic heterocycles. The number of furan rings is 1. The summed E-state index contributed by atoms with van der Waals surface area (Å²) in [5.74, 6) is -1.17. The number of carbonyl (C=O) groups is 2. The van der Waals surface area contributed by atoms with Crippen molar-refractivity contribution in [2.45, 2.75) is 40.2 Å². The van der Waals surface area contributed by atoms with Gasteiger partial charge in [0.1, 0.15) is 11.6 Å². The summed E-state index contributed by atoms with van der Waals surface area (Å²) in [7, 11) is 0. The molecule has 0 unspecified atom stereocenters. The molecule has 22 heavy (non-hydrogen) atoms. The van der Waals surface area contributed by atoms with E-state index in [2.05, 4.69) is 5.32 Å². The Morgan fingerprint density at radius 3 is 2.50 bits per heavy atom. The molecule has 0 fully saturated rings. The van der Waals surface area contributed by atoms with Gasteiger partial charge in [0.15, 0.2) is 5.76 Å². The van der Waals surface area contributed by atoms with Crippen molar-refractivity contribution >= 4 is 22.8 Å². The van der Waals surface area contributed by atoms with E-state index in [1.807, 2.05) is 39.0 Å². The molecule has 2 rings (SSSR count). The molecule has 2 N–H and O–H groups in total. The van der Waals surface area contributed by atoms with E-state index in [0.29, 0.717) is 12.0 Å². The summed E-state index contributed by atoms with van der Waals surface area (Å²) in [6, 6.07) is 4.79. The molecular formula is C17H21NO4. The van der Waals surface area contributed by atoms with E-state index in [1.54, 1.807) is 6.92 Å². The predicted octanol–water partition coefficient (Wildman–Crippen LogP) is 3.28. The lowest BCUT2D eigenvalue weighted by Gasteiger charge is -2.15. The number of aliphatic carboxylic acids is 1. The van der Waals surface area contributed by atoms with Gasteiger partial charge < -0.3 is 14.8 Å². The minimum atomic E-state index is -1.04. The van der Waals surface area contributed by atoms with Gasteiger partial charge in [-0.25, -0.2) is 4.79 Å². The summed E-state index contributed by atoms with van der Waals surface area (Å²) in [5, 5.41) is 12.7. The van der Waals surface area contributed by atoms with Crippen molar-refractivity contribution in [2.24, 2.45) is 5.92 Å². The molecule has 0 aliphatic rings. The molecule has 5 nitrogen and oxygen atoms in total. The van der Waals surface area contributed by atoms with Crippen molar-refractivity contribution < 1.29 is 19.1 Å². The number of rotatable bonds is 5. The maximum Gasteiger partial charge on any atom is 0.326 e. The van der Waals surface area contributed by atoms with E-state index < -0.39 is 17.9 Å². The number of aryl methyl sites for hydroxylation is 2. The number of carboxylic acid groups (broad SMARTS) is 1. The number of carboxylic acids is 1. The summed E-state index contributed by atoms with van der Waals surface area (Å²) in [6.45, 7) is 7.54. The van der Waals surface area contributed by atoms with Gasteiger partial charge in [0.2, 0.25) is 0 Å². The fraction of sp³-hybridized carbons (Fsp3) is 0.412. The average molecular weight is 303 g/mol. The molecule has 0 bridgehead atoms. The lowest BCUT2D eigenvalue weighted by Crippen LogP contribution is -2.41. The minimum absolute atomic E-state index is 0.167. The molecule has 1 aromatic heterocycles. The summed E-state index contributed by atoms with van der Waals surface area (Å²) in [6.07, 6.45) is 0.374. The van der Waals surface area contributed by atoms with Crippen molar-refractivity contribution in [3.05, 3.63) is 35.1 Å². The van der Waals surface area contributed by atoms with Crippen LogP contribution in [0.5, 0.6) is 0 Å². The molecule has 0 saturated carbocycles. The normalized spacial score (nSPS) is 12.6. The van der Waals surface area contributed by atoms with E-state index in [1.165, 1.54) is 0 Å². The molecule has 0 aliphatic carbocycles. The highest BCUT2D eigenvalue weighted by atomic mass is 16.4. The van der Waals surface area contributed by atoms with Crippen molar-refractivity contribution in [1.29, 1.82) is 0 Å². The second kappa shape index (κ2) is 6.22. The van der Waals surface area contributed by atoms with Crippen LogP contribution in [0, 0.1) is 19.8 Å². The van der Waals surface area contributed by atoms with Gasteiger partial charge in [0, 0.05) is 10.9 Å². The van der Waals surface area contributed by atoms with Crippen molar-refractivity contribution in [1.82, 2.24) is 5.32 Å². The largest absolute Gasteiger partial charge is 0.480 e. The van der Waals surface area contributed by atoms with E-state index >= 15 is 0 Å². The van der Waals surface area contributed by atoms with Gasteiger partial charge in [0.05, 0.1) is 0 Å². The number of amides is 1. The first-order valence-electron chi connectivity index (χ1n) is 7.33. The third kappa shape index (κ3) is 3.13. The number of benzene rings is 1. The molecule has 0 radical (unpaired) electrons. The van der Waals surface area contributed by atoms with Crippen molar-refractivity contribution in [2.75, 3.05) is 0 Å². The van der Waals surface area contributed by atoms with Gasteiger partial charge in [-0.15, -0.1) is 0 Å². The van der Waals surface area contributed by atoms with E-state index in [0.717, 1.165) is 16.5 Å². The highest BCUT2D eigenvalue weighted by Gasteiger charge is 2.25. The molecule has 1 aromatic carbocycles. The van der Waals surface area contributed by atoms with E-state index in [4.69, 9.17) is 4.42 Å². The van der Waals surface area contributed by atoms with Crippen molar-refractivity contribution in [3.63, 3.8) is 0 Å². The van der Waals surface area contributed by atoms with Crippen LogP contribution in [0.1, 0.15) is 41.9 Å². The van der Waals surface area contributed by atoms with Gasteiger partial charge in [-0.3, -0.25) is 4.79 Å². The first kappa shape index (κ1) is 16.1. The van der Waals surface area contributed by atoms with Crippen molar-refractivity contribution in [3.8, 4) is 0 Å². The molecule has 1 atom stereocenters. The second-order valence-corrected chi connectivity index (χ2v) is 6.00. The Morgan fingerprint density at radius 1 is 1.27 bits per heavy atom. The molecule has 2 aromatic rings. The molecular weight excluding hydrogens is 282 g/mol. The number of nitrogens with one attached hydrogen (secondary N) is 1. The van der Waals surface area contributed by atoms with Crippen LogP contribution >= 0.6 is 0 Å². The Hall–Kier alpha value is -2.30. The van der Waals surface area contributed by atoms with Gasteiger partial charge in [0.25, 0.3) is 5.91 Å². The maximum absolute atomic E-state index is 12.4. The predicted molar refractivity (Wildman–Crippen MR) is 84.0 cm³/mol. The maximum atomic E-state index is 12.4. The quantitative estimate of drug-likeness (QED) is 0.888. The summed E-state index contributed by atoms with van der Waals surface area (Å²) in [4.78, 5) is 23.6. The Kier molecular flexibility index (Phi) is 4.54. The zero-order valence-electron chi connectivity index (χ0n) is 13.3. The number of para-hydroxylation sites is 1. The number of hydrogen-bond acceptors (Lipinski definition) is 3. The molecule has 1 amide bonds. The molecule has 1 heterocycles. The average Bonchev–Trinajstić information content (AvgIpc) is 2.76. The minimum Gasteiger partial charge on any atom is -0.480 e. The van der Waals surface area contributed by atoms with Crippen LogP contribution in [0.4, 0.5) is 0 Å². The highest BCUT2D eigenvalue weighted by molar-refractivity contribution is 6.00. The Balaban J connectivity index is 2.31. The van der Waals surface area contributed by atoms with Gasteiger partial charge in [-0.1, -0.05) is 32.0 Å². The SMILES string of the molecule is Cc1c(C(=O)N[C@@H](CC(C)C)C(=O)O)oc2c(C)cccc12. The van der Waals surface area contributed by atoms with E-state index in [9.17, 15) is 14.7 Å². The summed E-state index contributed by atoms with van der Waals surface area (Å²) < 4.78 is 5.67. The number of fused-ring (bicyclic) bond motifs is 1. The van der Waals surface area contributed by atoms with E-state index in [-0.39, 0.29) is 11.7 Å². The molecule has 5 heteroatoms. The fourth-order valence-electron chi connectivity index (χ4n) is 2.52. The van der Waals surface area contributed by atoms with Crippen LogP contribution in [0.3, 0.4) is 0 Å². The van der Waals surface area contributed by atoms with Gasteiger partial charge in [-0.2, -0.15) is 0 Å². The molecule has 0 spiro atoms. The Labute approximate surface area is 129 Å². The zero-order chi connectivity index (χ0) is 16.4. The van der Waals surface area contributed by atoms with Gasteiger partial charge in [-0.05, 0) is 31.7 Å². The Bertz CT molecular complexity index is 715. The van der Waals surface area contributed by atoms with Crippen LogP contribution < -0.4 is 5.32 Å². The first-order valence-corrected chi connectivity index (χ1v) is 7.33. The standard InChI is InChI=1S/C17H21NO4/c1-9(2)8-13(17(20)21)18-16(19)15-11(4)12-7-5-6-10(3)14(12)22-15/h5-7,9,13H,8H2,1-4H3,(H,18,19)(H,20,21)/t13-/m0/s1. The lowest BCUT2D eigenvalue weighted by atomic mass is 10.0. The summed E-state index contributed by atoms with van der Waals surface area (Å²) >= 11 is 0. The number of carbonyl (C=O) groups excluding carboxylic acids is 1. The molecule has 118 valence electrons. The van der Waals surface area contributed by atoms with Crippen LogP contribution in [0.2, 0.25) is 0 Å². The first-order chi connectivity index (χ1) is 10.3. The lowest BCUT2D eigenvalue weighted by molar-refractivity contribution is -0.139. The Morgan fingerprint density at radius 2 is 1.95 bits per heavy atom. The van der Waals surface area contributed by atoms with Crippen LogP contribution in [-0.4, -0.2) is 23.0 Å². The topological polar surface area (TPSA) is 79.5 Å². The van der Waals surface area contributed by atoms with Crippen LogP contribution in [0.15, 0.2) is 22.6 Å². The fourth-order valence-corrected chi connectivity index (χ4v) is 2.52. The smallest absolute Gasteiger partial charge is 0.326 e. The highest BCUT2D eigenvalue weighted by Crippen LogP contribution is 2.27. The van der Waals surface area contributed by atoms with Gasteiger partial charge >= 0.3 is 5.97 Å². The monoisotopic (exact) mass is 303 g/mol. The number of hydrogen-bond donors (Lipinski definition) is 2. The third-order valence-corrected chi connectivity index (χ3v) is 3.68. The molecule has 0 saturated heterocycles. The third-order valence-electron chi connectivity index (χ3n) is 3.68.